The Kier molecular flexibility index (Phi) is 7.77. The molecule has 1 aromatic carbocycles. The number of hydrogen-bond donors (Lipinski definition) is 1. The van der Waals surface area contributed by atoms with Crippen molar-refractivity contribution in [2.45, 2.75) is 45.2 Å². The first-order valence-corrected chi connectivity index (χ1v) is 11.9. The van der Waals surface area contributed by atoms with Crippen molar-refractivity contribution in [1.82, 2.24) is 24.7 Å². The second kappa shape index (κ2) is 10.7. The molecule has 6 heteroatoms. The summed E-state index contributed by atoms with van der Waals surface area (Å²) >= 11 is 0. The summed E-state index contributed by atoms with van der Waals surface area (Å²) in [6.45, 7) is 12.3. The number of rotatable bonds is 10. The van der Waals surface area contributed by atoms with E-state index in [4.69, 9.17) is 9.72 Å². The van der Waals surface area contributed by atoms with E-state index in [-0.39, 0.29) is 0 Å². The third-order valence-corrected chi connectivity index (χ3v) is 7.02. The summed E-state index contributed by atoms with van der Waals surface area (Å²) in [7, 11) is 1.80. The Balaban J connectivity index is 1.39. The second-order valence-corrected chi connectivity index (χ2v) is 9.10. The lowest BCUT2D eigenvalue weighted by Gasteiger charge is -2.36. The van der Waals surface area contributed by atoms with Crippen molar-refractivity contribution in [3.05, 3.63) is 30.1 Å². The van der Waals surface area contributed by atoms with Crippen LogP contribution >= 0.6 is 0 Å². The Morgan fingerprint density at radius 3 is 2.73 bits per heavy atom. The zero-order valence-electron chi connectivity index (χ0n) is 18.9. The molecule has 1 atom stereocenters. The maximum Gasteiger partial charge on any atom is 0.121 e. The van der Waals surface area contributed by atoms with Crippen LogP contribution in [-0.2, 0) is 11.3 Å². The van der Waals surface area contributed by atoms with Gasteiger partial charge in [-0.25, -0.2) is 4.98 Å². The highest BCUT2D eigenvalue weighted by molar-refractivity contribution is 5.74. The molecule has 2 saturated heterocycles. The van der Waals surface area contributed by atoms with Gasteiger partial charge in [-0.2, -0.15) is 0 Å². The Morgan fingerprint density at radius 2 is 1.97 bits per heavy atom. The van der Waals surface area contributed by atoms with E-state index in [2.05, 4.69) is 50.9 Å². The number of fused-ring (bicyclic) bond motifs is 1. The molecule has 0 saturated carbocycles. The first-order chi connectivity index (χ1) is 14.7. The number of likely N-dealkylation sites (tertiary alicyclic amines) is 2. The number of likely N-dealkylation sites (N-methyl/N-ethyl adjacent to an activating group) is 1. The number of para-hydroxylation sites is 2. The van der Waals surface area contributed by atoms with Gasteiger partial charge in [-0.3, -0.25) is 9.80 Å². The molecule has 166 valence electrons. The van der Waals surface area contributed by atoms with Crippen molar-refractivity contribution in [1.29, 1.82) is 0 Å². The van der Waals surface area contributed by atoms with Crippen molar-refractivity contribution < 1.29 is 4.74 Å². The molecule has 0 amide bonds. The van der Waals surface area contributed by atoms with Crippen LogP contribution in [-0.4, -0.2) is 90.2 Å². The molecular weight excluding hydrogens is 374 g/mol. The van der Waals surface area contributed by atoms with Crippen LogP contribution in [0, 0.1) is 5.92 Å². The molecule has 30 heavy (non-hydrogen) atoms. The van der Waals surface area contributed by atoms with E-state index in [0.717, 1.165) is 49.0 Å². The minimum atomic E-state index is 0.696. The molecule has 0 aliphatic carbocycles. The lowest BCUT2D eigenvalue weighted by molar-refractivity contribution is 0.0957. The topological polar surface area (TPSA) is 47.6 Å². The van der Waals surface area contributed by atoms with Crippen molar-refractivity contribution in [3.63, 3.8) is 0 Å². The molecule has 1 aromatic heterocycles. The third kappa shape index (κ3) is 5.61. The molecule has 1 N–H and O–H groups in total. The average Bonchev–Trinajstić information content (AvgIpc) is 3.39. The SMILES string of the molecule is CCN1CCCC1CN(Cc1nc2ccccc2[nH]1)CC1CCN(CCOC)CC1. The normalized spacial score (nSPS) is 21.9. The van der Waals surface area contributed by atoms with E-state index in [1.54, 1.807) is 7.11 Å². The van der Waals surface area contributed by atoms with Crippen molar-refractivity contribution in [3.8, 4) is 0 Å². The van der Waals surface area contributed by atoms with Crippen LogP contribution in [0.15, 0.2) is 24.3 Å². The van der Waals surface area contributed by atoms with Gasteiger partial charge in [-0.05, 0) is 69.9 Å². The quantitative estimate of drug-likeness (QED) is 0.648. The molecule has 4 rings (SSSR count). The second-order valence-electron chi connectivity index (χ2n) is 9.10. The summed E-state index contributed by atoms with van der Waals surface area (Å²) in [5, 5.41) is 0. The lowest BCUT2D eigenvalue weighted by Crippen LogP contribution is -2.44. The molecule has 0 radical (unpaired) electrons. The lowest BCUT2D eigenvalue weighted by atomic mass is 9.96. The number of piperidine rings is 1. The van der Waals surface area contributed by atoms with Gasteiger partial charge in [0, 0.05) is 32.8 Å². The average molecular weight is 414 g/mol. The van der Waals surface area contributed by atoms with E-state index in [1.165, 1.54) is 58.4 Å². The maximum absolute atomic E-state index is 5.26. The summed E-state index contributed by atoms with van der Waals surface area (Å²) < 4.78 is 5.26. The fraction of sp³-hybridized carbons (Fsp3) is 0.708. The van der Waals surface area contributed by atoms with Gasteiger partial charge in [0.2, 0.25) is 0 Å². The molecule has 0 spiro atoms. The number of nitrogens with one attached hydrogen (secondary N) is 1. The van der Waals surface area contributed by atoms with Crippen molar-refractivity contribution in [2.24, 2.45) is 5.92 Å². The van der Waals surface area contributed by atoms with Gasteiger partial charge in [0.15, 0.2) is 0 Å². The van der Waals surface area contributed by atoms with Crippen LogP contribution < -0.4 is 0 Å². The Hall–Kier alpha value is -1.47. The van der Waals surface area contributed by atoms with Crippen LogP contribution in [0.3, 0.4) is 0 Å². The summed E-state index contributed by atoms with van der Waals surface area (Å²) in [5.74, 6) is 1.89. The fourth-order valence-corrected chi connectivity index (χ4v) is 5.29. The highest BCUT2D eigenvalue weighted by Crippen LogP contribution is 2.23. The smallest absolute Gasteiger partial charge is 0.121 e. The van der Waals surface area contributed by atoms with Crippen LogP contribution in [0.2, 0.25) is 0 Å². The Morgan fingerprint density at radius 1 is 1.13 bits per heavy atom. The third-order valence-electron chi connectivity index (χ3n) is 7.02. The highest BCUT2D eigenvalue weighted by Gasteiger charge is 2.28. The van der Waals surface area contributed by atoms with Gasteiger partial charge in [0.1, 0.15) is 5.82 Å². The fourth-order valence-electron chi connectivity index (χ4n) is 5.29. The summed E-state index contributed by atoms with van der Waals surface area (Å²) in [5.41, 5.74) is 2.23. The molecular formula is C24H39N5O. The molecule has 6 nitrogen and oxygen atoms in total. The van der Waals surface area contributed by atoms with E-state index in [9.17, 15) is 0 Å². The van der Waals surface area contributed by atoms with Gasteiger partial charge in [0.25, 0.3) is 0 Å². The molecule has 2 aliphatic heterocycles. The first-order valence-electron chi connectivity index (χ1n) is 11.9. The number of nitrogens with zero attached hydrogens (tertiary/aromatic N) is 4. The monoisotopic (exact) mass is 413 g/mol. The van der Waals surface area contributed by atoms with E-state index in [1.807, 2.05) is 0 Å². The summed E-state index contributed by atoms with van der Waals surface area (Å²) in [4.78, 5) is 16.3. The minimum Gasteiger partial charge on any atom is -0.383 e. The Labute approximate surface area is 181 Å². The molecule has 2 fully saturated rings. The van der Waals surface area contributed by atoms with Gasteiger partial charge < -0.3 is 14.6 Å². The van der Waals surface area contributed by atoms with Crippen molar-refractivity contribution >= 4 is 11.0 Å². The molecule has 2 aliphatic rings. The Bertz CT molecular complexity index is 737. The number of H-pyrrole nitrogens is 1. The molecule has 3 heterocycles. The molecule has 0 bridgehead atoms. The molecule has 2 aromatic rings. The highest BCUT2D eigenvalue weighted by atomic mass is 16.5. The predicted octanol–water partition coefficient (Wildman–Crippen LogP) is 3.21. The summed E-state index contributed by atoms with van der Waals surface area (Å²) in [6, 6.07) is 9.07. The van der Waals surface area contributed by atoms with Crippen molar-refractivity contribution in [2.75, 3.05) is 59.5 Å². The summed E-state index contributed by atoms with van der Waals surface area (Å²) in [6.07, 6.45) is 5.26. The zero-order valence-corrected chi connectivity index (χ0v) is 18.9. The number of aromatic amines is 1. The van der Waals surface area contributed by atoms with Gasteiger partial charge >= 0.3 is 0 Å². The van der Waals surface area contributed by atoms with Crippen LogP contribution in [0.5, 0.6) is 0 Å². The van der Waals surface area contributed by atoms with Gasteiger partial charge in [-0.15, -0.1) is 0 Å². The van der Waals surface area contributed by atoms with Crippen LogP contribution in [0.4, 0.5) is 0 Å². The standard InChI is InChI=1S/C24H39N5O/c1-3-29-12-6-7-21(29)18-28(17-20-10-13-27(14-11-20)15-16-30-2)19-24-25-22-8-4-5-9-23(22)26-24/h4-5,8-9,20-21H,3,6-7,10-19H2,1-2H3,(H,25,26). The number of hydrogen-bond acceptors (Lipinski definition) is 5. The number of benzene rings is 1. The maximum atomic E-state index is 5.26. The number of methoxy groups -OCH3 is 1. The van der Waals surface area contributed by atoms with Gasteiger partial charge in [-0.1, -0.05) is 19.1 Å². The van der Waals surface area contributed by atoms with E-state index >= 15 is 0 Å². The molecule has 1 unspecified atom stereocenters. The van der Waals surface area contributed by atoms with Crippen LogP contribution in [0.25, 0.3) is 11.0 Å². The predicted molar refractivity (Wildman–Crippen MR) is 123 cm³/mol. The number of imidazole rings is 1. The number of ether oxygens (including phenoxy) is 1. The van der Waals surface area contributed by atoms with Crippen LogP contribution in [0.1, 0.15) is 38.4 Å². The number of aromatic nitrogens is 2. The zero-order chi connectivity index (χ0) is 20.8. The largest absolute Gasteiger partial charge is 0.383 e. The van der Waals surface area contributed by atoms with E-state index in [0.29, 0.717) is 6.04 Å². The van der Waals surface area contributed by atoms with Gasteiger partial charge in [0.05, 0.1) is 24.2 Å². The first kappa shape index (κ1) is 21.8. The minimum absolute atomic E-state index is 0.696. The van der Waals surface area contributed by atoms with E-state index < -0.39 is 0 Å².